The van der Waals surface area contributed by atoms with Crippen molar-refractivity contribution in [2.45, 2.75) is 83.4 Å². The van der Waals surface area contributed by atoms with Crippen molar-refractivity contribution in [3.05, 3.63) is 54.1 Å². The van der Waals surface area contributed by atoms with Crippen molar-refractivity contribution in [2.75, 3.05) is 6.54 Å². The maximum Gasteiger partial charge on any atom is 0.407 e. The molecule has 3 atom stereocenters. The van der Waals surface area contributed by atoms with Crippen LogP contribution in [0.15, 0.2) is 53.5 Å². The number of amides is 1. The van der Waals surface area contributed by atoms with E-state index in [1.54, 1.807) is 0 Å². The highest BCUT2D eigenvalue weighted by atomic mass is 16.6. The summed E-state index contributed by atoms with van der Waals surface area (Å²) in [5.74, 6) is 2.95. The Hall–Kier alpha value is -3.22. The largest absolute Gasteiger partial charge is 0.457 e. The molecule has 7 heteroatoms. The third kappa shape index (κ3) is 6.38. The molecular weight excluding hydrogens is 464 g/mol. The topological polar surface area (TPSA) is 89.2 Å². The van der Waals surface area contributed by atoms with E-state index in [9.17, 15) is 4.79 Å². The summed E-state index contributed by atoms with van der Waals surface area (Å²) in [5.41, 5.74) is 8.48. The van der Waals surface area contributed by atoms with Gasteiger partial charge in [-0.05, 0) is 74.3 Å². The van der Waals surface area contributed by atoms with Crippen LogP contribution in [0.5, 0.6) is 11.5 Å². The van der Waals surface area contributed by atoms with Gasteiger partial charge in [-0.2, -0.15) is 0 Å². The molecule has 2 saturated carbocycles. The van der Waals surface area contributed by atoms with Crippen LogP contribution in [0.2, 0.25) is 0 Å². The number of hydrogen-bond acceptors (Lipinski definition) is 6. The summed E-state index contributed by atoms with van der Waals surface area (Å²) in [6, 6.07) is 15.8. The standard InChI is InChI=1S/C30H40N4O3/c1-21-10-8-9-15-28(21)37-30(35)32-19-27(22-11-4-2-5-12-22)34-20-23-18-25(16-17-26(23)33-29(34)31)36-24-13-6-3-7-14-24/h3,6-7,13-14,16-18,21-22,27-28H,2,4-5,8-12,15,19-20H2,1H3,(H2,31,33)(H,32,35). The maximum absolute atomic E-state index is 12.8. The number of fused-ring (bicyclic) bond motifs is 1. The second-order valence-electron chi connectivity index (χ2n) is 10.9. The first-order chi connectivity index (χ1) is 18.1. The summed E-state index contributed by atoms with van der Waals surface area (Å²) in [5, 5.41) is 3.10. The van der Waals surface area contributed by atoms with Crippen molar-refractivity contribution < 1.29 is 14.3 Å². The summed E-state index contributed by atoms with van der Waals surface area (Å²) in [4.78, 5) is 19.7. The van der Waals surface area contributed by atoms with E-state index in [1.165, 1.54) is 25.7 Å². The minimum absolute atomic E-state index is 0.0124. The van der Waals surface area contributed by atoms with E-state index in [-0.39, 0.29) is 18.2 Å². The SMILES string of the molecule is CC1CCCCC1OC(=O)NCC(C1CCCCC1)N1Cc2cc(Oc3ccccc3)ccc2N=C1N. The first-order valence-electron chi connectivity index (χ1n) is 14.0. The fourth-order valence-corrected chi connectivity index (χ4v) is 6.10. The molecule has 2 aromatic carbocycles. The van der Waals surface area contributed by atoms with Crippen LogP contribution in [0, 0.1) is 11.8 Å². The molecule has 2 aromatic rings. The van der Waals surface area contributed by atoms with Gasteiger partial charge in [0.1, 0.15) is 17.6 Å². The number of carbonyl (C=O) groups is 1. The van der Waals surface area contributed by atoms with E-state index < -0.39 is 0 Å². The van der Waals surface area contributed by atoms with Crippen molar-refractivity contribution in [1.29, 1.82) is 0 Å². The summed E-state index contributed by atoms with van der Waals surface area (Å²) in [6.07, 6.45) is 10.1. The van der Waals surface area contributed by atoms with Crippen molar-refractivity contribution in [3.8, 4) is 11.5 Å². The Balaban J connectivity index is 1.29. The van der Waals surface area contributed by atoms with E-state index in [0.29, 0.717) is 30.9 Å². The van der Waals surface area contributed by atoms with E-state index in [1.807, 2.05) is 42.5 Å². The van der Waals surface area contributed by atoms with Crippen LogP contribution in [0.3, 0.4) is 0 Å². The Morgan fingerprint density at radius 3 is 2.57 bits per heavy atom. The van der Waals surface area contributed by atoms with Gasteiger partial charge in [0.05, 0.1) is 11.7 Å². The van der Waals surface area contributed by atoms with Gasteiger partial charge in [-0.3, -0.25) is 0 Å². The first-order valence-corrected chi connectivity index (χ1v) is 14.0. The quantitative estimate of drug-likeness (QED) is 0.450. The molecule has 1 aliphatic heterocycles. The molecule has 2 aliphatic carbocycles. The van der Waals surface area contributed by atoms with Gasteiger partial charge in [0.15, 0.2) is 5.96 Å². The molecule has 37 heavy (non-hydrogen) atoms. The van der Waals surface area contributed by atoms with Crippen molar-refractivity contribution in [2.24, 2.45) is 22.6 Å². The van der Waals surface area contributed by atoms with Crippen LogP contribution < -0.4 is 15.8 Å². The van der Waals surface area contributed by atoms with Gasteiger partial charge in [-0.25, -0.2) is 9.79 Å². The lowest BCUT2D eigenvalue weighted by atomic mass is 9.83. The number of aliphatic imine (C=N–C) groups is 1. The lowest BCUT2D eigenvalue weighted by Gasteiger charge is -2.41. The zero-order chi connectivity index (χ0) is 25.6. The monoisotopic (exact) mass is 504 g/mol. The summed E-state index contributed by atoms with van der Waals surface area (Å²) < 4.78 is 11.9. The Labute approximate surface area is 220 Å². The Morgan fingerprint density at radius 1 is 1.03 bits per heavy atom. The number of alkyl carbamates (subject to hydrolysis) is 1. The molecule has 0 spiro atoms. The summed E-state index contributed by atoms with van der Waals surface area (Å²) in [7, 11) is 0. The molecule has 1 heterocycles. The molecule has 0 radical (unpaired) electrons. The van der Waals surface area contributed by atoms with Crippen LogP contribution in [-0.2, 0) is 11.3 Å². The molecule has 0 saturated heterocycles. The van der Waals surface area contributed by atoms with Crippen LogP contribution in [0.4, 0.5) is 10.5 Å². The van der Waals surface area contributed by atoms with Crippen molar-refractivity contribution in [3.63, 3.8) is 0 Å². The highest BCUT2D eigenvalue weighted by Gasteiger charge is 2.33. The number of rotatable bonds is 7. The molecule has 7 nitrogen and oxygen atoms in total. The molecule has 1 amide bonds. The average molecular weight is 505 g/mol. The molecule has 2 fully saturated rings. The van der Waals surface area contributed by atoms with Gasteiger partial charge in [-0.1, -0.05) is 50.8 Å². The van der Waals surface area contributed by atoms with E-state index in [4.69, 9.17) is 20.2 Å². The number of ether oxygens (including phenoxy) is 2. The number of para-hydroxylation sites is 1. The maximum atomic E-state index is 12.8. The smallest absolute Gasteiger partial charge is 0.407 e. The highest BCUT2D eigenvalue weighted by Crippen LogP contribution is 2.35. The molecule has 3 aliphatic rings. The average Bonchev–Trinajstić information content (AvgIpc) is 2.92. The van der Waals surface area contributed by atoms with E-state index in [2.05, 4.69) is 23.2 Å². The van der Waals surface area contributed by atoms with Gasteiger partial charge < -0.3 is 25.4 Å². The van der Waals surface area contributed by atoms with Crippen LogP contribution in [-0.4, -0.2) is 35.6 Å². The second kappa shape index (κ2) is 11.9. The summed E-state index contributed by atoms with van der Waals surface area (Å²) in [6.45, 7) is 3.31. The van der Waals surface area contributed by atoms with Crippen molar-refractivity contribution >= 4 is 17.7 Å². The Kier molecular flexibility index (Phi) is 8.17. The number of nitrogens with one attached hydrogen (secondary N) is 1. The highest BCUT2D eigenvalue weighted by molar-refractivity contribution is 5.84. The molecule has 0 bridgehead atoms. The van der Waals surface area contributed by atoms with Crippen LogP contribution in [0.1, 0.15) is 70.3 Å². The predicted molar refractivity (Wildman–Crippen MR) is 146 cm³/mol. The molecule has 3 unspecified atom stereocenters. The predicted octanol–water partition coefficient (Wildman–Crippen LogP) is 6.49. The molecule has 0 aromatic heterocycles. The zero-order valence-electron chi connectivity index (χ0n) is 21.9. The number of hydrogen-bond donors (Lipinski definition) is 2. The fourth-order valence-electron chi connectivity index (χ4n) is 6.10. The molecule has 5 rings (SSSR count). The first kappa shape index (κ1) is 25.4. The third-order valence-corrected chi connectivity index (χ3v) is 8.24. The van der Waals surface area contributed by atoms with Gasteiger partial charge in [0.2, 0.25) is 0 Å². The number of benzene rings is 2. The fraction of sp³-hybridized carbons (Fsp3) is 0.533. The van der Waals surface area contributed by atoms with Gasteiger partial charge >= 0.3 is 6.09 Å². The number of nitrogens with zero attached hydrogens (tertiary/aromatic N) is 2. The Morgan fingerprint density at radius 2 is 1.78 bits per heavy atom. The lowest BCUT2D eigenvalue weighted by Crippen LogP contribution is -2.54. The van der Waals surface area contributed by atoms with Gasteiger partial charge in [0.25, 0.3) is 0 Å². The minimum atomic E-state index is -0.314. The van der Waals surface area contributed by atoms with E-state index >= 15 is 0 Å². The van der Waals surface area contributed by atoms with Crippen LogP contribution in [0.25, 0.3) is 0 Å². The van der Waals surface area contributed by atoms with Gasteiger partial charge in [-0.15, -0.1) is 0 Å². The Bertz CT molecular complexity index is 1080. The third-order valence-electron chi connectivity index (χ3n) is 8.24. The lowest BCUT2D eigenvalue weighted by molar-refractivity contribution is 0.0414. The molecule has 3 N–H and O–H groups in total. The van der Waals surface area contributed by atoms with Gasteiger partial charge in [0, 0.05) is 18.7 Å². The second-order valence-corrected chi connectivity index (χ2v) is 10.9. The number of guanidine groups is 1. The molecule has 198 valence electrons. The number of carbonyl (C=O) groups excluding carboxylic acids is 1. The van der Waals surface area contributed by atoms with E-state index in [0.717, 1.165) is 54.9 Å². The zero-order valence-corrected chi connectivity index (χ0v) is 21.9. The molecular formula is C30H40N4O3. The summed E-state index contributed by atoms with van der Waals surface area (Å²) >= 11 is 0. The normalized spacial score (nSPS) is 22.9. The van der Waals surface area contributed by atoms with Crippen LogP contribution >= 0.6 is 0 Å². The van der Waals surface area contributed by atoms with Crippen molar-refractivity contribution in [1.82, 2.24) is 10.2 Å². The number of nitrogens with two attached hydrogens (primary N) is 1. The minimum Gasteiger partial charge on any atom is -0.457 e.